The van der Waals surface area contributed by atoms with Gasteiger partial charge >= 0.3 is 0 Å². The summed E-state index contributed by atoms with van der Waals surface area (Å²) in [5.74, 6) is 0.403. The molecular formula is C23H26N2O3. The Morgan fingerprint density at radius 2 is 1.86 bits per heavy atom. The van der Waals surface area contributed by atoms with Gasteiger partial charge in [0.2, 0.25) is 0 Å². The maximum atomic E-state index is 12.9. The van der Waals surface area contributed by atoms with Gasteiger partial charge < -0.3 is 15.0 Å². The van der Waals surface area contributed by atoms with E-state index in [4.69, 9.17) is 4.74 Å². The number of hydrogen-bond donors (Lipinski definition) is 2. The molecule has 3 rings (SSSR count). The van der Waals surface area contributed by atoms with Gasteiger partial charge in [0, 0.05) is 11.4 Å². The summed E-state index contributed by atoms with van der Waals surface area (Å²) in [5.41, 5.74) is 1.43. The van der Waals surface area contributed by atoms with E-state index in [0.29, 0.717) is 24.3 Å². The number of pyridine rings is 1. The topological polar surface area (TPSA) is 71.2 Å². The van der Waals surface area contributed by atoms with Crippen molar-refractivity contribution in [1.29, 1.82) is 0 Å². The Bertz CT molecular complexity index is 1010. The number of rotatable bonds is 8. The van der Waals surface area contributed by atoms with E-state index >= 15 is 0 Å². The predicted molar refractivity (Wildman–Crippen MR) is 112 cm³/mol. The number of ether oxygens (including phenoxy) is 1. The average molecular weight is 378 g/mol. The number of H-pyrrole nitrogens is 1. The molecule has 0 aliphatic heterocycles. The number of hydrogen-bond acceptors (Lipinski definition) is 4. The van der Waals surface area contributed by atoms with Crippen LogP contribution in [-0.4, -0.2) is 22.9 Å². The van der Waals surface area contributed by atoms with E-state index < -0.39 is 5.56 Å². The van der Waals surface area contributed by atoms with Crippen LogP contribution in [0, 0.1) is 0 Å². The molecule has 1 unspecified atom stereocenters. The summed E-state index contributed by atoms with van der Waals surface area (Å²) in [6, 6.07) is 16.8. The molecule has 1 aromatic heterocycles. The Kier molecular flexibility index (Phi) is 6.26. The van der Waals surface area contributed by atoms with E-state index in [1.807, 2.05) is 69.3 Å². The third kappa shape index (κ3) is 4.49. The number of benzene rings is 2. The van der Waals surface area contributed by atoms with Crippen molar-refractivity contribution in [3.63, 3.8) is 0 Å². The third-order valence-electron chi connectivity index (χ3n) is 4.60. The van der Waals surface area contributed by atoms with Crippen molar-refractivity contribution in [2.24, 2.45) is 0 Å². The van der Waals surface area contributed by atoms with Crippen LogP contribution < -0.4 is 15.6 Å². The first-order valence-corrected chi connectivity index (χ1v) is 9.62. The van der Waals surface area contributed by atoms with Crippen LogP contribution >= 0.6 is 0 Å². The lowest BCUT2D eigenvalue weighted by Gasteiger charge is -2.18. The summed E-state index contributed by atoms with van der Waals surface area (Å²) in [5, 5.41) is 4.00. The highest BCUT2D eigenvalue weighted by Crippen LogP contribution is 2.24. The minimum absolute atomic E-state index is 0.159. The molecular weight excluding hydrogens is 352 g/mol. The molecule has 1 heterocycles. The largest absolute Gasteiger partial charge is 0.487 e. The van der Waals surface area contributed by atoms with Crippen molar-refractivity contribution in [3.8, 4) is 5.75 Å². The van der Waals surface area contributed by atoms with Gasteiger partial charge in [0.1, 0.15) is 12.4 Å². The van der Waals surface area contributed by atoms with Gasteiger partial charge in [-0.2, -0.15) is 0 Å². The second-order valence-corrected chi connectivity index (χ2v) is 7.15. The summed E-state index contributed by atoms with van der Waals surface area (Å²) in [4.78, 5) is 28.4. The zero-order valence-corrected chi connectivity index (χ0v) is 16.5. The van der Waals surface area contributed by atoms with Gasteiger partial charge in [-0.05, 0) is 24.1 Å². The third-order valence-corrected chi connectivity index (χ3v) is 4.60. The van der Waals surface area contributed by atoms with Gasteiger partial charge in [-0.15, -0.1) is 0 Å². The van der Waals surface area contributed by atoms with Crippen molar-refractivity contribution in [3.05, 3.63) is 76.1 Å². The van der Waals surface area contributed by atoms with Crippen LogP contribution in [-0.2, 0) is 6.61 Å². The maximum absolute atomic E-state index is 12.9. The number of para-hydroxylation sites is 1. The Morgan fingerprint density at radius 1 is 1.11 bits per heavy atom. The lowest BCUT2D eigenvalue weighted by molar-refractivity contribution is 0.0934. The number of carbonyl (C=O) groups is 1. The fourth-order valence-electron chi connectivity index (χ4n) is 3.21. The molecule has 2 N–H and O–H groups in total. The van der Waals surface area contributed by atoms with E-state index in [9.17, 15) is 9.59 Å². The number of fused-ring (bicyclic) bond motifs is 1. The molecule has 0 bridgehead atoms. The van der Waals surface area contributed by atoms with Crippen molar-refractivity contribution < 1.29 is 9.53 Å². The summed E-state index contributed by atoms with van der Waals surface area (Å²) in [6.07, 6.45) is 0.620. The van der Waals surface area contributed by atoms with Gasteiger partial charge in [0.15, 0.2) is 5.78 Å². The summed E-state index contributed by atoms with van der Waals surface area (Å²) < 4.78 is 5.91. The van der Waals surface area contributed by atoms with Crippen LogP contribution in [0.25, 0.3) is 10.9 Å². The lowest BCUT2D eigenvalue weighted by Crippen LogP contribution is -2.42. The van der Waals surface area contributed by atoms with Crippen molar-refractivity contribution in [2.45, 2.75) is 45.9 Å². The Labute approximate surface area is 164 Å². The summed E-state index contributed by atoms with van der Waals surface area (Å²) >= 11 is 0. The Hall–Kier alpha value is -2.92. The SMILES string of the molecule is CCC(NC(C)C)C(=O)c1cc2cccc(OCc3ccccc3)c2[nH]c1=O. The van der Waals surface area contributed by atoms with Gasteiger partial charge in [0.25, 0.3) is 5.56 Å². The minimum Gasteiger partial charge on any atom is -0.487 e. The number of carbonyl (C=O) groups excluding carboxylic acids is 1. The van der Waals surface area contributed by atoms with Crippen LogP contribution in [0.15, 0.2) is 59.4 Å². The minimum atomic E-state index is -0.391. The van der Waals surface area contributed by atoms with Gasteiger partial charge in [-0.3, -0.25) is 9.59 Å². The van der Waals surface area contributed by atoms with Crippen molar-refractivity contribution in [1.82, 2.24) is 10.3 Å². The van der Waals surface area contributed by atoms with Crippen LogP contribution in [0.2, 0.25) is 0 Å². The molecule has 0 aliphatic carbocycles. The average Bonchev–Trinajstić information content (AvgIpc) is 2.70. The van der Waals surface area contributed by atoms with E-state index in [-0.39, 0.29) is 23.4 Å². The van der Waals surface area contributed by atoms with Gasteiger partial charge in [-0.1, -0.05) is 63.2 Å². The zero-order valence-electron chi connectivity index (χ0n) is 16.5. The molecule has 146 valence electrons. The summed E-state index contributed by atoms with van der Waals surface area (Å²) in [7, 11) is 0. The number of Topliss-reactive ketones (excluding diaryl/α,β-unsaturated/α-hetero) is 1. The summed E-state index contributed by atoms with van der Waals surface area (Å²) in [6.45, 7) is 6.30. The fraction of sp³-hybridized carbons (Fsp3) is 0.304. The second kappa shape index (κ2) is 8.85. The monoisotopic (exact) mass is 378 g/mol. The van der Waals surface area contributed by atoms with Gasteiger partial charge in [-0.25, -0.2) is 0 Å². The number of aromatic amines is 1. The lowest BCUT2D eigenvalue weighted by atomic mass is 10.0. The molecule has 0 fully saturated rings. The molecule has 5 heteroatoms. The van der Waals surface area contributed by atoms with Crippen LogP contribution in [0.1, 0.15) is 43.1 Å². The van der Waals surface area contributed by atoms with Crippen molar-refractivity contribution in [2.75, 3.05) is 0 Å². The number of ketones is 1. The molecule has 3 aromatic rings. The smallest absolute Gasteiger partial charge is 0.259 e. The number of aromatic nitrogens is 1. The predicted octanol–water partition coefficient (Wildman–Crippen LogP) is 4.07. The van der Waals surface area contributed by atoms with Crippen molar-refractivity contribution >= 4 is 16.7 Å². The Morgan fingerprint density at radius 3 is 2.54 bits per heavy atom. The highest BCUT2D eigenvalue weighted by Gasteiger charge is 2.22. The second-order valence-electron chi connectivity index (χ2n) is 7.15. The van der Waals surface area contributed by atoms with Crippen LogP contribution in [0.3, 0.4) is 0 Å². The first-order chi connectivity index (χ1) is 13.5. The van der Waals surface area contributed by atoms with Crippen LogP contribution in [0.4, 0.5) is 0 Å². The fourth-order valence-corrected chi connectivity index (χ4v) is 3.21. The standard InChI is InChI=1S/C23H26N2O3/c1-4-19(24-15(2)3)22(26)18-13-17-11-8-12-20(21(17)25-23(18)27)28-14-16-9-6-5-7-10-16/h5-13,15,19,24H,4,14H2,1-3H3,(H,25,27). The van der Waals surface area contributed by atoms with E-state index in [1.165, 1.54) is 0 Å². The quantitative estimate of drug-likeness (QED) is 0.580. The zero-order chi connectivity index (χ0) is 20.1. The molecule has 0 spiro atoms. The highest BCUT2D eigenvalue weighted by atomic mass is 16.5. The van der Waals surface area contributed by atoms with E-state index in [0.717, 1.165) is 10.9 Å². The molecule has 0 aliphatic rings. The molecule has 5 nitrogen and oxygen atoms in total. The first kappa shape index (κ1) is 19.8. The first-order valence-electron chi connectivity index (χ1n) is 9.62. The highest BCUT2D eigenvalue weighted by molar-refractivity contribution is 6.02. The Balaban J connectivity index is 1.91. The molecule has 0 saturated heterocycles. The molecule has 0 radical (unpaired) electrons. The maximum Gasteiger partial charge on any atom is 0.259 e. The van der Waals surface area contributed by atoms with Crippen LogP contribution in [0.5, 0.6) is 5.75 Å². The molecule has 0 amide bonds. The molecule has 0 saturated carbocycles. The normalized spacial score (nSPS) is 12.3. The van der Waals surface area contributed by atoms with E-state index in [1.54, 1.807) is 6.07 Å². The molecule has 28 heavy (non-hydrogen) atoms. The number of nitrogens with one attached hydrogen (secondary N) is 2. The van der Waals surface area contributed by atoms with E-state index in [2.05, 4.69) is 10.3 Å². The molecule has 2 aromatic carbocycles. The molecule has 1 atom stereocenters. The van der Waals surface area contributed by atoms with Gasteiger partial charge in [0.05, 0.1) is 17.1 Å².